The van der Waals surface area contributed by atoms with Crippen molar-refractivity contribution in [2.75, 3.05) is 0 Å². The Balaban J connectivity index is 3.75. The molecule has 0 aromatic rings. The molecular formula is C8H17IN2O2. The van der Waals surface area contributed by atoms with E-state index in [1.165, 1.54) is 0 Å². The van der Waals surface area contributed by atoms with E-state index in [1.807, 2.05) is 0 Å². The number of urea groups is 1. The van der Waals surface area contributed by atoms with Gasteiger partial charge in [0, 0.05) is 0 Å². The molecule has 2 amide bonds. The molecule has 0 fully saturated rings. The average Bonchev–Trinajstić information content (AvgIpc) is 2.11. The minimum Gasteiger partial charge on any atom is -0.279 e. The van der Waals surface area contributed by atoms with Crippen molar-refractivity contribution in [2.45, 2.75) is 39.7 Å². The summed E-state index contributed by atoms with van der Waals surface area (Å²) in [6.07, 6.45) is 2.11. The summed E-state index contributed by atoms with van der Waals surface area (Å²) in [6, 6.07) is -0.317. The van der Waals surface area contributed by atoms with E-state index in [1.54, 1.807) is 22.9 Å². The smallest absolute Gasteiger partial charge is 0.279 e. The molecule has 2 N–H and O–H groups in total. The molecule has 13 heavy (non-hydrogen) atoms. The van der Waals surface area contributed by atoms with Crippen LogP contribution in [0.4, 0.5) is 4.79 Å². The van der Waals surface area contributed by atoms with E-state index in [-0.39, 0.29) is 12.1 Å². The predicted octanol–water partition coefficient (Wildman–Crippen LogP) is 2.39. The van der Waals surface area contributed by atoms with Crippen molar-refractivity contribution in [3.63, 3.8) is 0 Å². The van der Waals surface area contributed by atoms with Gasteiger partial charge in [-0.1, -0.05) is 27.2 Å². The molecule has 78 valence electrons. The molecule has 0 heterocycles. The Kier molecular flexibility index (Phi) is 7.35. The maximum absolute atomic E-state index is 10.8. The van der Waals surface area contributed by atoms with Crippen molar-refractivity contribution >= 4 is 28.9 Å². The van der Waals surface area contributed by atoms with Gasteiger partial charge in [0.25, 0.3) is 0 Å². The first-order chi connectivity index (χ1) is 6.11. The number of carbonyl (C=O) groups is 1. The minimum absolute atomic E-state index is 0.0960. The number of hydrogen-bond acceptors (Lipinski definition) is 2. The molecule has 0 aromatic heterocycles. The second-order valence-electron chi connectivity index (χ2n) is 3.21. The van der Waals surface area contributed by atoms with E-state index in [2.05, 4.69) is 29.8 Å². The van der Waals surface area contributed by atoms with E-state index in [0.717, 1.165) is 12.8 Å². The highest BCUT2D eigenvalue weighted by molar-refractivity contribution is 14.1. The molecule has 1 atom stereocenters. The molecule has 4 nitrogen and oxygen atoms in total. The number of halogens is 1. The van der Waals surface area contributed by atoms with Gasteiger partial charge in [-0.15, -0.1) is 0 Å². The molecule has 0 spiro atoms. The molecule has 0 bridgehead atoms. The van der Waals surface area contributed by atoms with Gasteiger partial charge in [-0.2, -0.15) is 0 Å². The van der Waals surface area contributed by atoms with E-state index in [9.17, 15) is 4.79 Å². The van der Waals surface area contributed by atoms with Crippen LogP contribution in [0.15, 0.2) is 0 Å². The van der Waals surface area contributed by atoms with Crippen LogP contribution < -0.4 is 9.01 Å². The largest absolute Gasteiger partial charge is 0.347 e. The van der Waals surface area contributed by atoms with Crippen molar-refractivity contribution in [1.82, 2.24) is 9.01 Å². The third-order valence-corrected chi connectivity index (χ3v) is 2.20. The van der Waals surface area contributed by atoms with E-state index >= 15 is 0 Å². The summed E-state index contributed by atoms with van der Waals surface area (Å²) in [5, 5.41) is 0. The Morgan fingerprint density at radius 2 is 2.15 bits per heavy atom. The zero-order chi connectivity index (χ0) is 10.3. The summed E-state index contributed by atoms with van der Waals surface area (Å²) in [5.41, 5.74) is 2.34. The summed E-state index contributed by atoms with van der Waals surface area (Å²) in [4.78, 5) is 16.0. The first-order valence-electron chi connectivity index (χ1n) is 4.44. The monoisotopic (exact) mass is 300 g/mol. The summed E-state index contributed by atoms with van der Waals surface area (Å²) in [5.74, 6) is 0.412. The maximum Gasteiger partial charge on any atom is 0.347 e. The zero-order valence-corrected chi connectivity index (χ0v) is 10.4. The fourth-order valence-electron chi connectivity index (χ4n) is 0.961. The van der Waals surface area contributed by atoms with Gasteiger partial charge >= 0.3 is 6.03 Å². The molecule has 0 aliphatic rings. The molecule has 0 aliphatic heterocycles. The normalized spacial score (nSPS) is 12.7. The average molecular weight is 300 g/mol. The van der Waals surface area contributed by atoms with Crippen LogP contribution in [-0.4, -0.2) is 12.1 Å². The quantitative estimate of drug-likeness (QED) is 0.465. The molecular weight excluding hydrogens is 283 g/mol. The second-order valence-corrected chi connectivity index (χ2v) is 3.75. The lowest BCUT2D eigenvalue weighted by Gasteiger charge is -2.19. The third-order valence-electron chi connectivity index (χ3n) is 1.71. The van der Waals surface area contributed by atoms with Crippen molar-refractivity contribution in [1.29, 1.82) is 0 Å². The Hall–Kier alpha value is -0.0400. The van der Waals surface area contributed by atoms with Gasteiger partial charge in [-0.25, -0.2) is 10.3 Å². The van der Waals surface area contributed by atoms with Crippen LogP contribution in [0.2, 0.25) is 0 Å². The highest BCUT2D eigenvalue weighted by Gasteiger charge is 2.14. The van der Waals surface area contributed by atoms with Crippen LogP contribution in [0, 0.1) is 5.92 Å². The van der Waals surface area contributed by atoms with Crippen LogP contribution in [0.1, 0.15) is 33.6 Å². The van der Waals surface area contributed by atoms with Crippen LogP contribution in [0.25, 0.3) is 0 Å². The van der Waals surface area contributed by atoms with Crippen LogP contribution in [0.5, 0.6) is 0 Å². The number of hydroxylamine groups is 1. The Labute approximate surface area is 93.2 Å². The molecule has 0 radical (unpaired) electrons. The molecule has 0 rings (SSSR count). The van der Waals surface area contributed by atoms with Gasteiger partial charge < -0.3 is 0 Å². The van der Waals surface area contributed by atoms with Crippen LogP contribution in [0.3, 0.4) is 0 Å². The highest BCUT2D eigenvalue weighted by atomic mass is 127. The molecule has 5 heteroatoms. The number of rotatable bonds is 5. The fraction of sp³-hybridized carbons (Fsp3) is 0.875. The summed E-state index contributed by atoms with van der Waals surface area (Å²) >= 11 is 1.76. The van der Waals surface area contributed by atoms with E-state index < -0.39 is 0 Å². The standard InChI is InChI=1S/C8H17IN2O2/c1-4-5-7(6(2)3)13-11-8(12)10-9/h6-7H,4-5H2,1-3H3,(H2,10,11,12). The van der Waals surface area contributed by atoms with Gasteiger partial charge in [-0.3, -0.25) is 8.37 Å². The summed E-state index contributed by atoms with van der Waals surface area (Å²) in [7, 11) is 0. The Morgan fingerprint density at radius 1 is 1.54 bits per heavy atom. The molecule has 0 aromatic carbocycles. The molecule has 0 saturated heterocycles. The summed E-state index contributed by atoms with van der Waals surface area (Å²) in [6.45, 7) is 6.24. The van der Waals surface area contributed by atoms with Gasteiger partial charge in [-0.05, 0) is 12.3 Å². The van der Waals surface area contributed by atoms with Gasteiger partial charge in [0.1, 0.15) is 0 Å². The van der Waals surface area contributed by atoms with Crippen molar-refractivity contribution in [2.24, 2.45) is 5.92 Å². The van der Waals surface area contributed by atoms with Gasteiger partial charge in [0.2, 0.25) is 0 Å². The zero-order valence-electron chi connectivity index (χ0n) is 8.26. The Bertz CT molecular complexity index is 153. The maximum atomic E-state index is 10.8. The third kappa shape index (κ3) is 6.09. The number of carbonyl (C=O) groups excluding carboxylic acids is 1. The lowest BCUT2D eigenvalue weighted by atomic mass is 10.0. The molecule has 0 aliphatic carbocycles. The lowest BCUT2D eigenvalue weighted by molar-refractivity contribution is -0.0317. The van der Waals surface area contributed by atoms with E-state index in [4.69, 9.17) is 4.84 Å². The first kappa shape index (κ1) is 13.0. The fourth-order valence-corrected chi connectivity index (χ4v) is 1.07. The number of nitrogens with one attached hydrogen (secondary N) is 2. The summed E-state index contributed by atoms with van der Waals surface area (Å²) < 4.78 is 2.40. The van der Waals surface area contributed by atoms with Gasteiger partial charge in [0.15, 0.2) is 0 Å². The predicted molar refractivity (Wildman–Crippen MR) is 60.3 cm³/mol. The molecule has 0 saturated carbocycles. The topological polar surface area (TPSA) is 50.4 Å². The highest BCUT2D eigenvalue weighted by Crippen LogP contribution is 2.11. The van der Waals surface area contributed by atoms with Crippen molar-refractivity contribution < 1.29 is 9.63 Å². The van der Waals surface area contributed by atoms with E-state index in [0.29, 0.717) is 5.92 Å². The van der Waals surface area contributed by atoms with Crippen LogP contribution in [-0.2, 0) is 4.84 Å². The van der Waals surface area contributed by atoms with Gasteiger partial charge in [0.05, 0.1) is 29.0 Å². The number of amides is 2. The first-order valence-corrected chi connectivity index (χ1v) is 5.52. The SMILES string of the molecule is CCCC(ONC(=O)NI)C(C)C. The van der Waals surface area contributed by atoms with Crippen molar-refractivity contribution in [3.8, 4) is 0 Å². The lowest BCUT2D eigenvalue weighted by Crippen LogP contribution is -2.35. The van der Waals surface area contributed by atoms with Crippen molar-refractivity contribution in [3.05, 3.63) is 0 Å². The minimum atomic E-state index is -0.317. The van der Waals surface area contributed by atoms with Crippen LogP contribution >= 0.6 is 22.9 Å². The Morgan fingerprint density at radius 3 is 2.54 bits per heavy atom. The second kappa shape index (κ2) is 7.37. The molecule has 1 unspecified atom stereocenters. The number of hydrogen-bond donors (Lipinski definition) is 2.